The van der Waals surface area contributed by atoms with E-state index in [1.807, 2.05) is 146 Å². The van der Waals surface area contributed by atoms with E-state index in [1.165, 1.54) is 0 Å². The molecular formula is C47H40BrN2O4PS. The van der Waals surface area contributed by atoms with Crippen LogP contribution in [0.1, 0.15) is 22.8 Å². The molecule has 2 atom stereocenters. The molecule has 6 aromatic carbocycles. The van der Waals surface area contributed by atoms with Gasteiger partial charge in [-0.1, -0.05) is 6.07 Å². The molecule has 2 aliphatic rings. The van der Waals surface area contributed by atoms with Crippen LogP contribution in [-0.2, 0) is 25.5 Å². The number of fused-ring (bicyclic) bond motifs is 1. The second-order valence-corrected chi connectivity index (χ2v) is 24.1. The summed E-state index contributed by atoms with van der Waals surface area (Å²) in [5.74, 6) is -0.721. The quantitative estimate of drug-likeness (QED) is 0.0768. The van der Waals surface area contributed by atoms with Crippen LogP contribution in [0.3, 0.4) is 0 Å². The Morgan fingerprint density at radius 3 is 1.57 bits per heavy atom. The fourth-order valence-electron chi connectivity index (χ4n) is 7.84. The number of esters is 1. The standard InChI is InChI=1S/C47H40BrN2O4PS/c48-55(38-25-13-4-14-26-38,39-27-15-5-16-28-39,40-29-17-6-18-30-40)32-37-33-56-46-42(49-41(51)31-34-19-7-1-8-20-34)45(52)50(46)43(37)47(53)54-44(35-21-9-2-10-22-35)36-23-11-3-12-24-36/h1-30,42,44,46H,31-33H2,(H,49,51)/t42?,46-/m1/s1. The predicted molar refractivity (Wildman–Crippen MR) is 232 cm³/mol. The number of halogens is 1. The third-order valence-electron chi connectivity index (χ3n) is 10.6. The van der Waals surface area contributed by atoms with Crippen molar-refractivity contribution in [1.82, 2.24) is 10.2 Å². The van der Waals surface area contributed by atoms with E-state index in [2.05, 4.69) is 57.2 Å². The van der Waals surface area contributed by atoms with Crippen molar-refractivity contribution in [2.45, 2.75) is 23.9 Å². The molecule has 0 bridgehead atoms. The summed E-state index contributed by atoms with van der Waals surface area (Å²) in [6.45, 7) is 0. The zero-order valence-electron chi connectivity index (χ0n) is 30.5. The summed E-state index contributed by atoms with van der Waals surface area (Å²) in [5.41, 5.74) is 3.52. The van der Waals surface area contributed by atoms with Crippen LogP contribution in [0.5, 0.6) is 0 Å². The second-order valence-electron chi connectivity index (χ2n) is 14.0. The van der Waals surface area contributed by atoms with Gasteiger partial charge in [0, 0.05) is 0 Å². The number of hydrogen-bond acceptors (Lipinski definition) is 5. The average molecular weight is 840 g/mol. The summed E-state index contributed by atoms with van der Waals surface area (Å²) in [7, 11) is 0. The topological polar surface area (TPSA) is 75.7 Å². The van der Waals surface area contributed by atoms with Gasteiger partial charge >= 0.3 is 335 Å². The third kappa shape index (κ3) is 7.02. The number of amides is 2. The molecule has 6 nitrogen and oxygen atoms in total. The van der Waals surface area contributed by atoms with E-state index in [1.54, 1.807) is 16.7 Å². The Hall–Kier alpha value is -5.27. The van der Waals surface area contributed by atoms with E-state index in [9.17, 15) is 9.59 Å². The van der Waals surface area contributed by atoms with Gasteiger partial charge in [-0.15, -0.1) is 0 Å². The number of hydrogen-bond donors (Lipinski definition) is 1. The van der Waals surface area contributed by atoms with Crippen LogP contribution in [0.2, 0.25) is 0 Å². The number of benzene rings is 6. The summed E-state index contributed by atoms with van der Waals surface area (Å²) >= 11 is 6.14. The molecule has 0 saturated carbocycles. The predicted octanol–water partition coefficient (Wildman–Crippen LogP) is 8.06. The molecule has 2 aliphatic heterocycles. The average Bonchev–Trinajstić information content (AvgIpc) is 3.26. The molecule has 1 N–H and O–H groups in total. The molecule has 9 heteroatoms. The fourth-order valence-corrected chi connectivity index (χ4v) is 17.2. The van der Waals surface area contributed by atoms with Gasteiger partial charge in [-0.2, -0.15) is 0 Å². The number of ether oxygens (including phenoxy) is 1. The van der Waals surface area contributed by atoms with Gasteiger partial charge in [0.05, 0.1) is 0 Å². The SMILES string of the molecule is O=C(Cc1ccccc1)NC1C(=O)N2C(C(=O)OC(c3ccccc3)c3ccccc3)=C(CP(Br)(c3ccccc3)(c3ccccc3)c3ccccc3)CS[C@H]12. The Bertz CT molecular complexity index is 2230. The molecule has 6 aromatic rings. The molecule has 1 saturated heterocycles. The summed E-state index contributed by atoms with van der Waals surface area (Å²) < 4.78 is 6.57. The number of rotatable bonds is 12. The van der Waals surface area contributed by atoms with Gasteiger partial charge in [0.15, 0.2) is 0 Å². The first kappa shape index (κ1) is 37.6. The number of carbonyl (C=O) groups excluding carboxylic acids is 3. The Morgan fingerprint density at radius 1 is 0.679 bits per heavy atom. The van der Waals surface area contributed by atoms with Gasteiger partial charge in [0.25, 0.3) is 0 Å². The summed E-state index contributed by atoms with van der Waals surface area (Å²) in [6.07, 6.45) is -0.151. The van der Waals surface area contributed by atoms with E-state index in [4.69, 9.17) is 4.74 Å². The van der Waals surface area contributed by atoms with Crippen LogP contribution in [0.4, 0.5) is 0 Å². The molecule has 2 amide bonds. The number of nitrogens with one attached hydrogen (secondary N) is 1. The molecule has 0 spiro atoms. The van der Waals surface area contributed by atoms with Crippen molar-refractivity contribution in [1.29, 1.82) is 0 Å². The molecule has 56 heavy (non-hydrogen) atoms. The van der Waals surface area contributed by atoms with Crippen LogP contribution < -0.4 is 21.2 Å². The van der Waals surface area contributed by atoms with Gasteiger partial charge in [-0.05, 0) is 0 Å². The van der Waals surface area contributed by atoms with Crippen LogP contribution in [-0.4, -0.2) is 46.0 Å². The van der Waals surface area contributed by atoms with E-state index in [0.29, 0.717) is 11.9 Å². The van der Waals surface area contributed by atoms with E-state index in [0.717, 1.165) is 38.2 Å². The first-order valence-corrected chi connectivity index (χ1v) is 24.0. The van der Waals surface area contributed by atoms with Gasteiger partial charge in [-0.3, -0.25) is 0 Å². The Labute approximate surface area is 339 Å². The summed E-state index contributed by atoms with van der Waals surface area (Å²) in [6, 6.07) is 59.2. The first-order valence-electron chi connectivity index (χ1n) is 18.6. The molecule has 0 aromatic heterocycles. The maximum absolute atomic E-state index is 15.1. The minimum absolute atomic E-state index is 0.150. The zero-order chi connectivity index (χ0) is 38.6. The van der Waals surface area contributed by atoms with Crippen LogP contribution >= 0.6 is 32.6 Å². The molecule has 280 valence electrons. The Kier molecular flexibility index (Phi) is 10.8. The Morgan fingerprint density at radius 2 is 1.11 bits per heavy atom. The molecule has 1 unspecified atom stereocenters. The van der Waals surface area contributed by atoms with Crippen molar-refractivity contribution >= 4 is 66.3 Å². The normalized spacial score (nSPS) is 17.3. The summed E-state index contributed by atoms with van der Waals surface area (Å²) in [5, 5.41) is 2.18. The third-order valence-corrected chi connectivity index (χ3v) is 21.4. The van der Waals surface area contributed by atoms with E-state index < -0.39 is 28.8 Å². The van der Waals surface area contributed by atoms with Gasteiger partial charge in [0.1, 0.15) is 0 Å². The summed E-state index contributed by atoms with van der Waals surface area (Å²) in [4.78, 5) is 44.3. The van der Waals surface area contributed by atoms with Crippen molar-refractivity contribution in [3.05, 3.63) is 210 Å². The van der Waals surface area contributed by atoms with Crippen LogP contribution in [0.25, 0.3) is 0 Å². The van der Waals surface area contributed by atoms with E-state index >= 15 is 4.79 Å². The zero-order valence-corrected chi connectivity index (χ0v) is 33.8. The number of nitrogens with zero attached hydrogens (tertiary/aromatic N) is 1. The van der Waals surface area contributed by atoms with Crippen molar-refractivity contribution < 1.29 is 19.1 Å². The van der Waals surface area contributed by atoms with Crippen molar-refractivity contribution in [2.24, 2.45) is 0 Å². The van der Waals surface area contributed by atoms with Crippen molar-refractivity contribution in [3.63, 3.8) is 0 Å². The second kappa shape index (κ2) is 16.1. The monoisotopic (exact) mass is 838 g/mol. The molecule has 8 rings (SSSR count). The molecule has 0 aliphatic carbocycles. The molecule has 0 radical (unpaired) electrons. The van der Waals surface area contributed by atoms with Gasteiger partial charge in [-0.25, -0.2) is 0 Å². The van der Waals surface area contributed by atoms with Gasteiger partial charge in [0.2, 0.25) is 0 Å². The van der Waals surface area contributed by atoms with Crippen LogP contribution in [0, 0.1) is 0 Å². The van der Waals surface area contributed by atoms with Crippen molar-refractivity contribution in [2.75, 3.05) is 11.9 Å². The Balaban J connectivity index is 1.26. The molecular weight excluding hydrogens is 799 g/mol. The van der Waals surface area contributed by atoms with Crippen LogP contribution in [0.15, 0.2) is 193 Å². The number of β-lactam (4-membered cyclic amide) rings is 1. The fraction of sp³-hybridized carbons (Fsp3) is 0.128. The minimum atomic E-state index is -3.61. The molecule has 1 fully saturated rings. The first-order chi connectivity index (χ1) is 27.3. The van der Waals surface area contributed by atoms with E-state index in [-0.39, 0.29) is 23.9 Å². The van der Waals surface area contributed by atoms with Crippen molar-refractivity contribution in [3.8, 4) is 0 Å². The maximum atomic E-state index is 15.1. The number of thioether (sulfide) groups is 1. The van der Waals surface area contributed by atoms with Gasteiger partial charge < -0.3 is 0 Å². The number of carbonyl (C=O) groups is 3. The molecule has 2 heterocycles.